The number of benzene rings is 3. The van der Waals surface area contributed by atoms with Gasteiger partial charge < -0.3 is 13.9 Å². The molecule has 0 aliphatic carbocycles. The van der Waals surface area contributed by atoms with Crippen molar-refractivity contribution < 1.29 is 27.1 Å². The zero-order chi connectivity index (χ0) is 28.3. The molecule has 0 atom stereocenters. The van der Waals surface area contributed by atoms with Crippen LogP contribution in [-0.4, -0.2) is 32.8 Å². The Labute approximate surface area is 227 Å². The number of fused-ring (bicyclic) bond motifs is 1. The Kier molecular flexibility index (Phi) is 8.22. The minimum atomic E-state index is -4.01. The number of aryl methyl sites for hydroxylation is 1. The molecule has 0 aliphatic heterocycles. The molecule has 0 radical (unpaired) electrons. The molecule has 0 saturated heterocycles. The van der Waals surface area contributed by atoms with Crippen LogP contribution in [0.3, 0.4) is 0 Å². The number of esters is 1. The normalized spacial score (nSPS) is 11.8. The molecule has 1 aromatic heterocycles. The maximum absolute atomic E-state index is 13.4. The van der Waals surface area contributed by atoms with Crippen LogP contribution in [0.15, 0.2) is 80.8 Å². The molecule has 1 heterocycles. The average molecular weight is 550 g/mol. The van der Waals surface area contributed by atoms with Crippen molar-refractivity contribution in [1.29, 1.82) is 0 Å². The van der Waals surface area contributed by atoms with Crippen LogP contribution in [0.4, 0.5) is 0 Å². The van der Waals surface area contributed by atoms with E-state index in [1.807, 2.05) is 49.4 Å². The van der Waals surface area contributed by atoms with Gasteiger partial charge in [0.2, 0.25) is 10.0 Å². The molecule has 39 heavy (non-hydrogen) atoms. The van der Waals surface area contributed by atoms with Crippen LogP contribution < -0.4 is 10.4 Å². The summed E-state index contributed by atoms with van der Waals surface area (Å²) in [5.74, 6) is -0.386. The first-order valence-electron chi connectivity index (χ1n) is 12.4. The second kappa shape index (κ2) is 11.4. The first kappa shape index (κ1) is 28.1. The van der Waals surface area contributed by atoms with E-state index in [1.165, 1.54) is 42.7 Å². The monoisotopic (exact) mass is 549 g/mol. The Morgan fingerprint density at radius 3 is 2.41 bits per heavy atom. The molecule has 8 nitrogen and oxygen atoms in total. The number of carbonyl (C=O) groups is 1. The van der Waals surface area contributed by atoms with Crippen LogP contribution in [0.25, 0.3) is 11.0 Å². The number of ether oxygens (including phenoxy) is 2. The summed E-state index contributed by atoms with van der Waals surface area (Å²) in [5.41, 5.74) is 3.30. The Balaban J connectivity index is 1.62. The van der Waals surface area contributed by atoms with Crippen molar-refractivity contribution in [3.05, 3.63) is 105 Å². The summed E-state index contributed by atoms with van der Waals surface area (Å²) in [6, 6.07) is 18.3. The summed E-state index contributed by atoms with van der Waals surface area (Å²) in [6.07, 6.45) is 0. The standard InChI is InChI=1S/C30H31NO7S/c1-19(2)24-16-25-23(15-29(32)38-27(25)13-20(24)3)18-37-30(33)22-11-12-26(36-5)28(14-22)39(34,35)31(4)17-21-9-7-6-8-10-21/h6-16,19H,17-18H2,1-5H3. The van der Waals surface area contributed by atoms with E-state index in [0.717, 1.165) is 16.7 Å². The van der Waals surface area contributed by atoms with E-state index >= 15 is 0 Å². The smallest absolute Gasteiger partial charge is 0.338 e. The second-order valence-corrected chi connectivity index (χ2v) is 11.7. The fourth-order valence-corrected chi connectivity index (χ4v) is 5.79. The summed E-state index contributed by atoms with van der Waals surface area (Å²) in [6.45, 7) is 6.04. The van der Waals surface area contributed by atoms with Gasteiger partial charge in [0.15, 0.2) is 0 Å². The molecule has 3 aromatic carbocycles. The fraction of sp³-hybridized carbons (Fsp3) is 0.267. The van der Waals surface area contributed by atoms with Gasteiger partial charge in [-0.3, -0.25) is 0 Å². The lowest BCUT2D eigenvalue weighted by Gasteiger charge is -2.19. The highest BCUT2D eigenvalue weighted by molar-refractivity contribution is 7.89. The van der Waals surface area contributed by atoms with Gasteiger partial charge in [-0.25, -0.2) is 18.0 Å². The zero-order valence-electron chi connectivity index (χ0n) is 22.6. The van der Waals surface area contributed by atoms with E-state index in [9.17, 15) is 18.0 Å². The third-order valence-electron chi connectivity index (χ3n) is 6.53. The first-order valence-corrected chi connectivity index (χ1v) is 13.9. The molecule has 0 amide bonds. The van der Waals surface area contributed by atoms with E-state index in [-0.39, 0.29) is 35.3 Å². The lowest BCUT2D eigenvalue weighted by atomic mass is 9.95. The van der Waals surface area contributed by atoms with Crippen molar-refractivity contribution in [2.75, 3.05) is 14.2 Å². The molecule has 204 valence electrons. The van der Waals surface area contributed by atoms with Crippen molar-refractivity contribution in [1.82, 2.24) is 4.31 Å². The third kappa shape index (κ3) is 6.05. The van der Waals surface area contributed by atoms with Gasteiger partial charge >= 0.3 is 11.6 Å². The molecule has 9 heteroatoms. The lowest BCUT2D eigenvalue weighted by molar-refractivity contribution is 0.0473. The Hall–Kier alpha value is -3.95. The molecule has 0 fully saturated rings. The number of carbonyl (C=O) groups excluding carboxylic acids is 1. The molecule has 4 aromatic rings. The summed E-state index contributed by atoms with van der Waals surface area (Å²) in [4.78, 5) is 25.1. The molecular formula is C30H31NO7S. The van der Waals surface area contributed by atoms with Crippen LogP contribution in [0, 0.1) is 6.92 Å². The quantitative estimate of drug-likeness (QED) is 0.203. The maximum atomic E-state index is 13.4. The predicted octanol–water partition coefficient (Wildman–Crippen LogP) is 5.41. The Morgan fingerprint density at radius 2 is 1.74 bits per heavy atom. The van der Waals surface area contributed by atoms with Crippen molar-refractivity contribution in [3.8, 4) is 5.75 Å². The molecule has 0 saturated carbocycles. The molecule has 0 bridgehead atoms. The lowest BCUT2D eigenvalue weighted by Crippen LogP contribution is -2.27. The van der Waals surface area contributed by atoms with E-state index in [0.29, 0.717) is 16.5 Å². The van der Waals surface area contributed by atoms with Gasteiger partial charge in [0.1, 0.15) is 22.8 Å². The maximum Gasteiger partial charge on any atom is 0.338 e. The van der Waals surface area contributed by atoms with Crippen LogP contribution in [0.5, 0.6) is 5.75 Å². The minimum Gasteiger partial charge on any atom is -0.495 e. The molecule has 4 rings (SSSR count). The van der Waals surface area contributed by atoms with Gasteiger partial charge in [0, 0.05) is 30.6 Å². The number of hydrogen-bond acceptors (Lipinski definition) is 7. The summed E-state index contributed by atoms with van der Waals surface area (Å²) in [5, 5.41) is 0.678. The Morgan fingerprint density at radius 1 is 1.03 bits per heavy atom. The van der Waals surface area contributed by atoms with Crippen LogP contribution in [-0.2, 0) is 27.9 Å². The highest BCUT2D eigenvalue weighted by atomic mass is 32.2. The van der Waals surface area contributed by atoms with Gasteiger partial charge in [-0.1, -0.05) is 44.2 Å². The molecular weight excluding hydrogens is 518 g/mol. The summed E-state index contributed by atoms with van der Waals surface area (Å²) < 4.78 is 44.2. The number of sulfonamides is 1. The van der Waals surface area contributed by atoms with Crippen LogP contribution >= 0.6 is 0 Å². The minimum absolute atomic E-state index is 0.0356. The van der Waals surface area contributed by atoms with Gasteiger partial charge in [0.05, 0.1) is 12.7 Å². The summed E-state index contributed by atoms with van der Waals surface area (Å²) >= 11 is 0. The third-order valence-corrected chi connectivity index (χ3v) is 8.36. The number of hydrogen-bond donors (Lipinski definition) is 0. The van der Waals surface area contributed by atoms with Gasteiger partial charge in [-0.15, -0.1) is 0 Å². The average Bonchev–Trinajstić information content (AvgIpc) is 2.91. The zero-order valence-corrected chi connectivity index (χ0v) is 23.4. The summed E-state index contributed by atoms with van der Waals surface area (Å²) in [7, 11) is -1.18. The predicted molar refractivity (Wildman–Crippen MR) is 149 cm³/mol. The van der Waals surface area contributed by atoms with Crippen LogP contribution in [0.2, 0.25) is 0 Å². The van der Waals surface area contributed by atoms with Gasteiger partial charge in [-0.05, 0) is 59.9 Å². The van der Waals surface area contributed by atoms with Crippen molar-refractivity contribution in [3.63, 3.8) is 0 Å². The van der Waals surface area contributed by atoms with Crippen molar-refractivity contribution >= 4 is 27.0 Å². The fourth-order valence-electron chi connectivity index (χ4n) is 4.46. The number of rotatable bonds is 9. The van der Waals surface area contributed by atoms with Gasteiger partial charge in [0.25, 0.3) is 0 Å². The SMILES string of the molecule is COc1ccc(C(=O)OCc2cc(=O)oc3cc(C)c(C(C)C)cc23)cc1S(=O)(=O)N(C)Cc1ccccc1. The first-order chi connectivity index (χ1) is 18.5. The highest BCUT2D eigenvalue weighted by Gasteiger charge is 2.27. The largest absolute Gasteiger partial charge is 0.495 e. The number of nitrogens with zero attached hydrogens (tertiary/aromatic N) is 1. The Bertz CT molecular complexity index is 1680. The van der Waals surface area contributed by atoms with Crippen molar-refractivity contribution in [2.24, 2.45) is 0 Å². The second-order valence-electron chi connectivity index (χ2n) is 9.64. The van der Waals surface area contributed by atoms with E-state index in [2.05, 4.69) is 13.8 Å². The topological polar surface area (TPSA) is 103 Å². The molecule has 0 N–H and O–H groups in total. The molecule has 0 aliphatic rings. The molecule has 0 unspecified atom stereocenters. The van der Waals surface area contributed by atoms with E-state index in [4.69, 9.17) is 13.9 Å². The highest BCUT2D eigenvalue weighted by Crippen LogP contribution is 2.30. The van der Waals surface area contributed by atoms with E-state index in [1.54, 1.807) is 0 Å². The van der Waals surface area contributed by atoms with Crippen LogP contribution in [0.1, 0.15) is 52.4 Å². The number of methoxy groups -OCH3 is 1. The van der Waals surface area contributed by atoms with Crippen molar-refractivity contribution in [2.45, 2.75) is 44.7 Å². The molecule has 0 spiro atoms. The van der Waals surface area contributed by atoms with Gasteiger partial charge in [-0.2, -0.15) is 4.31 Å². The van der Waals surface area contributed by atoms with E-state index < -0.39 is 21.6 Å².